The highest BCUT2D eigenvalue weighted by molar-refractivity contribution is 9.08. The number of hydrogen-bond acceptors (Lipinski definition) is 4. The van der Waals surface area contributed by atoms with Crippen LogP contribution in [0.15, 0.2) is 53.1 Å². The fourth-order valence-electron chi connectivity index (χ4n) is 1.80. The van der Waals surface area contributed by atoms with Crippen molar-refractivity contribution in [3.8, 4) is 22.9 Å². The minimum atomic E-state index is -0.429. The van der Waals surface area contributed by atoms with Gasteiger partial charge in [-0.1, -0.05) is 45.4 Å². The summed E-state index contributed by atoms with van der Waals surface area (Å²) < 4.78 is 24.4. The smallest absolute Gasteiger partial charge is 0.237 e. The molecule has 1 heterocycles. The van der Waals surface area contributed by atoms with E-state index in [1.165, 1.54) is 6.07 Å². The van der Waals surface area contributed by atoms with Crippen LogP contribution in [0.1, 0.15) is 5.89 Å². The van der Waals surface area contributed by atoms with Crippen LogP contribution in [-0.2, 0) is 5.33 Å². The Morgan fingerprint density at radius 2 is 1.76 bits per heavy atom. The molecule has 0 saturated carbocycles. The van der Waals surface area contributed by atoms with Gasteiger partial charge in [0, 0.05) is 0 Å². The largest absolute Gasteiger partial charge is 0.454 e. The van der Waals surface area contributed by atoms with Gasteiger partial charge in [-0.2, -0.15) is 4.98 Å². The van der Waals surface area contributed by atoms with Gasteiger partial charge in [-0.05, 0) is 24.3 Å². The van der Waals surface area contributed by atoms with Crippen LogP contribution in [0, 0.1) is 5.82 Å². The maximum absolute atomic E-state index is 13.7. The molecule has 106 valence electrons. The van der Waals surface area contributed by atoms with Crippen LogP contribution in [0.3, 0.4) is 0 Å². The molecule has 2 aromatic carbocycles. The van der Waals surface area contributed by atoms with E-state index in [9.17, 15) is 4.39 Å². The van der Waals surface area contributed by atoms with E-state index >= 15 is 0 Å². The van der Waals surface area contributed by atoms with E-state index in [1.807, 2.05) is 6.07 Å². The van der Waals surface area contributed by atoms with Gasteiger partial charge < -0.3 is 9.26 Å². The van der Waals surface area contributed by atoms with Crippen molar-refractivity contribution in [2.75, 3.05) is 0 Å². The van der Waals surface area contributed by atoms with Crippen molar-refractivity contribution < 1.29 is 13.7 Å². The second-order valence-electron chi connectivity index (χ2n) is 4.17. The zero-order valence-corrected chi connectivity index (χ0v) is 12.4. The fraction of sp³-hybridized carbons (Fsp3) is 0.0667. The third-order valence-corrected chi connectivity index (χ3v) is 3.25. The minimum absolute atomic E-state index is 0.147. The van der Waals surface area contributed by atoms with Crippen LogP contribution in [0.2, 0.25) is 0 Å². The second-order valence-corrected chi connectivity index (χ2v) is 4.73. The highest BCUT2D eigenvalue weighted by Crippen LogP contribution is 2.32. The van der Waals surface area contributed by atoms with E-state index < -0.39 is 5.82 Å². The van der Waals surface area contributed by atoms with E-state index in [1.54, 1.807) is 36.4 Å². The van der Waals surface area contributed by atoms with Crippen molar-refractivity contribution in [3.05, 3.63) is 60.2 Å². The van der Waals surface area contributed by atoms with Gasteiger partial charge in [-0.3, -0.25) is 0 Å². The Bertz CT molecular complexity index is 761. The van der Waals surface area contributed by atoms with Crippen LogP contribution in [0.25, 0.3) is 11.4 Å². The van der Waals surface area contributed by atoms with E-state index in [-0.39, 0.29) is 5.75 Å². The number of rotatable bonds is 4. The Balaban J connectivity index is 1.98. The number of alkyl halides is 1. The van der Waals surface area contributed by atoms with Gasteiger partial charge in [-0.25, -0.2) is 4.39 Å². The molecule has 6 heteroatoms. The molecule has 0 amide bonds. The second kappa shape index (κ2) is 6.05. The Kier molecular flexibility index (Phi) is 3.96. The van der Waals surface area contributed by atoms with Gasteiger partial charge in [-0.15, -0.1) is 0 Å². The molecular weight excluding hydrogens is 339 g/mol. The monoisotopic (exact) mass is 348 g/mol. The number of benzene rings is 2. The molecule has 0 spiro atoms. The summed E-state index contributed by atoms with van der Waals surface area (Å²) in [7, 11) is 0. The lowest BCUT2D eigenvalue weighted by atomic mass is 10.2. The number of nitrogens with zero attached hydrogens (tertiary/aromatic N) is 2. The van der Waals surface area contributed by atoms with Crippen LogP contribution in [-0.4, -0.2) is 10.1 Å². The third kappa shape index (κ3) is 2.95. The molecule has 21 heavy (non-hydrogen) atoms. The first-order valence-electron chi connectivity index (χ1n) is 6.18. The van der Waals surface area contributed by atoms with Gasteiger partial charge in [0.15, 0.2) is 11.6 Å². The molecule has 0 aliphatic carbocycles. The average Bonchev–Trinajstić information content (AvgIpc) is 2.99. The molecule has 0 bridgehead atoms. The fourth-order valence-corrected chi connectivity index (χ4v) is 2.03. The standard InChI is InChI=1S/C15H10BrFN2O2/c16-9-14-18-15(19-21-14)10-5-1-3-7-12(10)20-13-8-4-2-6-11(13)17/h1-8H,9H2. The maximum Gasteiger partial charge on any atom is 0.237 e. The molecule has 0 fully saturated rings. The molecule has 0 saturated heterocycles. The van der Waals surface area contributed by atoms with Crippen molar-refractivity contribution in [1.82, 2.24) is 10.1 Å². The predicted octanol–water partition coefficient (Wildman–Crippen LogP) is 4.56. The van der Waals surface area contributed by atoms with Gasteiger partial charge in [0.05, 0.1) is 10.9 Å². The van der Waals surface area contributed by atoms with Crippen molar-refractivity contribution in [2.45, 2.75) is 5.33 Å². The summed E-state index contributed by atoms with van der Waals surface area (Å²) in [4.78, 5) is 4.23. The lowest BCUT2D eigenvalue weighted by molar-refractivity contribution is 0.392. The Morgan fingerprint density at radius 3 is 2.48 bits per heavy atom. The van der Waals surface area contributed by atoms with Gasteiger partial charge in [0.1, 0.15) is 5.75 Å². The number of ether oxygens (including phenoxy) is 1. The summed E-state index contributed by atoms with van der Waals surface area (Å²) >= 11 is 3.25. The lowest BCUT2D eigenvalue weighted by Crippen LogP contribution is -1.91. The molecule has 4 nitrogen and oxygen atoms in total. The van der Waals surface area contributed by atoms with E-state index in [0.29, 0.717) is 28.4 Å². The highest BCUT2D eigenvalue weighted by Gasteiger charge is 2.14. The Hall–Kier alpha value is -2.21. The van der Waals surface area contributed by atoms with Crippen molar-refractivity contribution >= 4 is 15.9 Å². The summed E-state index contributed by atoms with van der Waals surface area (Å²) in [5.74, 6) is 1.04. The summed E-state index contributed by atoms with van der Waals surface area (Å²) in [6, 6.07) is 13.4. The normalized spacial score (nSPS) is 10.6. The first-order chi connectivity index (χ1) is 10.3. The molecule has 0 aliphatic heterocycles. The number of aromatic nitrogens is 2. The van der Waals surface area contributed by atoms with Crippen molar-refractivity contribution in [1.29, 1.82) is 0 Å². The number of halogens is 2. The van der Waals surface area contributed by atoms with Gasteiger partial charge >= 0.3 is 0 Å². The minimum Gasteiger partial charge on any atom is -0.454 e. The molecule has 1 aromatic heterocycles. The zero-order valence-electron chi connectivity index (χ0n) is 10.8. The number of hydrogen-bond donors (Lipinski definition) is 0. The van der Waals surface area contributed by atoms with E-state index in [0.717, 1.165) is 0 Å². The quantitative estimate of drug-likeness (QED) is 0.648. The van der Waals surface area contributed by atoms with E-state index in [2.05, 4.69) is 26.1 Å². The van der Waals surface area contributed by atoms with Crippen LogP contribution >= 0.6 is 15.9 Å². The molecule has 3 aromatic rings. The van der Waals surface area contributed by atoms with Crippen molar-refractivity contribution in [3.63, 3.8) is 0 Å². The molecular formula is C15H10BrFN2O2. The van der Waals surface area contributed by atoms with Gasteiger partial charge in [0.2, 0.25) is 11.7 Å². The molecule has 0 radical (unpaired) electrons. The molecule has 0 N–H and O–H groups in total. The lowest BCUT2D eigenvalue weighted by Gasteiger charge is -2.09. The summed E-state index contributed by atoms with van der Waals surface area (Å²) in [6.07, 6.45) is 0. The highest BCUT2D eigenvalue weighted by atomic mass is 79.9. The Labute approximate surface area is 128 Å². The first-order valence-corrected chi connectivity index (χ1v) is 7.30. The van der Waals surface area contributed by atoms with E-state index in [4.69, 9.17) is 9.26 Å². The third-order valence-electron chi connectivity index (χ3n) is 2.77. The molecule has 3 rings (SSSR count). The zero-order chi connectivity index (χ0) is 14.7. The SMILES string of the molecule is Fc1ccccc1Oc1ccccc1-c1noc(CBr)n1. The maximum atomic E-state index is 13.7. The Morgan fingerprint density at radius 1 is 1.05 bits per heavy atom. The van der Waals surface area contributed by atoms with Crippen LogP contribution < -0.4 is 4.74 Å². The molecule has 0 aliphatic rings. The summed E-state index contributed by atoms with van der Waals surface area (Å²) in [5.41, 5.74) is 0.636. The average molecular weight is 349 g/mol. The predicted molar refractivity (Wildman–Crippen MR) is 78.8 cm³/mol. The summed E-state index contributed by atoms with van der Waals surface area (Å²) in [5, 5.41) is 4.36. The van der Waals surface area contributed by atoms with Crippen LogP contribution in [0.4, 0.5) is 4.39 Å². The number of para-hydroxylation sites is 2. The van der Waals surface area contributed by atoms with Gasteiger partial charge in [0.25, 0.3) is 0 Å². The first kappa shape index (κ1) is 13.8. The van der Waals surface area contributed by atoms with Crippen molar-refractivity contribution in [2.24, 2.45) is 0 Å². The van der Waals surface area contributed by atoms with Crippen LogP contribution in [0.5, 0.6) is 11.5 Å². The molecule has 0 unspecified atom stereocenters. The summed E-state index contributed by atoms with van der Waals surface area (Å²) in [6.45, 7) is 0. The molecule has 0 atom stereocenters. The topological polar surface area (TPSA) is 48.2 Å².